The third kappa shape index (κ3) is 5.61. The molecule has 2 aromatic rings. The first-order valence-electron chi connectivity index (χ1n) is 11.5. The summed E-state index contributed by atoms with van der Waals surface area (Å²) in [6.45, 7) is 9.42. The van der Waals surface area contributed by atoms with Crippen LogP contribution in [0.2, 0.25) is 0 Å². The van der Waals surface area contributed by atoms with E-state index in [-0.39, 0.29) is 24.0 Å². The van der Waals surface area contributed by atoms with E-state index in [2.05, 4.69) is 28.3 Å². The molecule has 2 aliphatic heterocycles. The van der Waals surface area contributed by atoms with Gasteiger partial charge in [0, 0.05) is 38.2 Å². The van der Waals surface area contributed by atoms with Gasteiger partial charge in [-0.25, -0.2) is 4.68 Å². The quantitative estimate of drug-likeness (QED) is 0.242. The molecule has 0 aliphatic carbocycles. The van der Waals surface area contributed by atoms with Crippen LogP contribution in [0.5, 0.6) is 0 Å². The number of guanidine groups is 1. The molecule has 0 bridgehead atoms. The van der Waals surface area contributed by atoms with Gasteiger partial charge in [0.2, 0.25) is 0 Å². The van der Waals surface area contributed by atoms with E-state index in [4.69, 9.17) is 15.5 Å². The number of nitrogens with one attached hydrogen (secondary N) is 1. The molecule has 1 spiro atoms. The van der Waals surface area contributed by atoms with Gasteiger partial charge in [-0.05, 0) is 51.7 Å². The molecule has 0 saturated carbocycles. The van der Waals surface area contributed by atoms with E-state index < -0.39 is 0 Å². The van der Waals surface area contributed by atoms with E-state index in [1.54, 1.807) is 4.68 Å². The number of aliphatic imine (C=N–C) groups is 1. The number of aromatic nitrogens is 2. The fourth-order valence-corrected chi connectivity index (χ4v) is 4.60. The Morgan fingerprint density at radius 1 is 1.33 bits per heavy atom. The Hall–Kier alpha value is -2.32. The van der Waals surface area contributed by atoms with E-state index in [1.165, 1.54) is 12.0 Å². The Morgan fingerprint density at radius 3 is 2.79 bits per heavy atom. The summed E-state index contributed by atoms with van der Waals surface area (Å²) in [6, 6.07) is 10.2. The highest BCUT2D eigenvalue weighted by Crippen LogP contribution is 2.38. The molecule has 3 N–H and O–H groups in total. The number of nitriles is 1. The highest BCUT2D eigenvalue weighted by molar-refractivity contribution is 14.0. The standard InChI is InChI=1S/C24H33N7O.HI/c1-3-27-23(30-13-10-24(16-30)11-14-32-17-24)28-12-4-5-21-20(15-25)22(26)31(29-21)19-8-6-18(2)7-9-19;/h6-9H,3-5,10-14,16-17,26H2,1-2H3,(H,27,28);1H. The molecule has 178 valence electrons. The van der Waals surface area contributed by atoms with Crippen molar-refractivity contribution in [2.45, 2.75) is 39.5 Å². The number of anilines is 1. The number of hydrogen-bond donors (Lipinski definition) is 2. The van der Waals surface area contributed by atoms with Gasteiger partial charge in [-0.2, -0.15) is 10.4 Å². The van der Waals surface area contributed by atoms with Gasteiger partial charge in [0.1, 0.15) is 17.5 Å². The van der Waals surface area contributed by atoms with Crippen LogP contribution in [0.4, 0.5) is 5.82 Å². The summed E-state index contributed by atoms with van der Waals surface area (Å²) < 4.78 is 7.32. The van der Waals surface area contributed by atoms with E-state index in [1.807, 2.05) is 31.2 Å². The van der Waals surface area contributed by atoms with Crippen molar-refractivity contribution in [2.75, 3.05) is 45.1 Å². The van der Waals surface area contributed by atoms with E-state index in [0.29, 0.717) is 29.8 Å². The fraction of sp³-hybridized carbons (Fsp3) is 0.542. The Labute approximate surface area is 213 Å². The van der Waals surface area contributed by atoms with Gasteiger partial charge in [0.05, 0.1) is 18.0 Å². The first kappa shape index (κ1) is 25.3. The van der Waals surface area contributed by atoms with Crippen molar-refractivity contribution in [1.82, 2.24) is 20.0 Å². The van der Waals surface area contributed by atoms with Crippen LogP contribution in [-0.4, -0.2) is 60.0 Å². The van der Waals surface area contributed by atoms with Crippen molar-refractivity contribution in [3.63, 3.8) is 0 Å². The van der Waals surface area contributed by atoms with E-state index in [0.717, 1.165) is 63.0 Å². The molecule has 33 heavy (non-hydrogen) atoms. The predicted octanol–water partition coefficient (Wildman–Crippen LogP) is 3.26. The van der Waals surface area contributed by atoms with Crippen LogP contribution in [0.25, 0.3) is 5.69 Å². The molecule has 9 heteroatoms. The topological polar surface area (TPSA) is 104 Å². The third-order valence-corrected chi connectivity index (χ3v) is 6.47. The van der Waals surface area contributed by atoms with Gasteiger partial charge in [-0.3, -0.25) is 4.99 Å². The van der Waals surface area contributed by atoms with Crippen LogP contribution in [0.3, 0.4) is 0 Å². The summed E-state index contributed by atoms with van der Waals surface area (Å²) in [4.78, 5) is 7.22. The number of nitrogen functional groups attached to an aromatic ring is 1. The number of rotatable bonds is 6. The average Bonchev–Trinajstić information content (AvgIpc) is 3.51. The van der Waals surface area contributed by atoms with Gasteiger partial charge in [0.15, 0.2) is 5.96 Å². The van der Waals surface area contributed by atoms with Crippen molar-refractivity contribution >= 4 is 35.8 Å². The van der Waals surface area contributed by atoms with Gasteiger partial charge in [-0.1, -0.05) is 17.7 Å². The van der Waals surface area contributed by atoms with Gasteiger partial charge in [0.25, 0.3) is 0 Å². The zero-order valence-corrected chi connectivity index (χ0v) is 21.8. The van der Waals surface area contributed by atoms with Crippen molar-refractivity contribution < 1.29 is 4.74 Å². The second-order valence-electron chi connectivity index (χ2n) is 8.88. The smallest absolute Gasteiger partial charge is 0.193 e. The SMILES string of the molecule is CCNC(=NCCCc1nn(-c2ccc(C)cc2)c(N)c1C#N)N1CCC2(CCOC2)C1.I. The summed E-state index contributed by atoms with van der Waals surface area (Å²) in [5.41, 5.74) is 9.77. The third-order valence-electron chi connectivity index (χ3n) is 6.47. The normalized spacial score (nSPS) is 20.2. The number of hydrogen-bond acceptors (Lipinski definition) is 5. The molecular weight excluding hydrogens is 529 g/mol. The Morgan fingerprint density at radius 2 is 2.12 bits per heavy atom. The number of likely N-dealkylation sites (tertiary alicyclic amines) is 1. The fourth-order valence-electron chi connectivity index (χ4n) is 4.60. The lowest BCUT2D eigenvalue weighted by atomic mass is 9.87. The van der Waals surface area contributed by atoms with E-state index >= 15 is 0 Å². The minimum absolute atomic E-state index is 0. The van der Waals surface area contributed by atoms with Crippen LogP contribution >= 0.6 is 24.0 Å². The van der Waals surface area contributed by atoms with E-state index in [9.17, 15) is 5.26 Å². The number of ether oxygens (including phenoxy) is 1. The molecule has 4 rings (SSSR count). The molecule has 1 aromatic heterocycles. The Kier molecular flexibility index (Phi) is 8.59. The molecule has 2 saturated heterocycles. The lowest BCUT2D eigenvalue weighted by molar-refractivity contribution is 0.156. The zero-order chi connectivity index (χ0) is 22.6. The number of benzene rings is 1. The van der Waals surface area contributed by atoms with Crippen LogP contribution in [0.1, 0.15) is 43.0 Å². The summed E-state index contributed by atoms with van der Waals surface area (Å²) in [5, 5.41) is 17.7. The molecule has 2 aliphatic rings. The monoisotopic (exact) mass is 563 g/mol. The summed E-state index contributed by atoms with van der Waals surface area (Å²) in [6.07, 6.45) is 3.77. The Balaban J connectivity index is 0.00000306. The van der Waals surface area contributed by atoms with Gasteiger partial charge < -0.3 is 20.7 Å². The second kappa shape index (κ2) is 11.2. The van der Waals surface area contributed by atoms with Crippen LogP contribution < -0.4 is 11.1 Å². The van der Waals surface area contributed by atoms with Crippen LogP contribution in [0.15, 0.2) is 29.3 Å². The maximum Gasteiger partial charge on any atom is 0.193 e. The number of halogens is 1. The van der Waals surface area contributed by atoms with Gasteiger partial charge in [-0.15, -0.1) is 24.0 Å². The number of nitrogens with two attached hydrogens (primary N) is 1. The molecule has 0 amide bonds. The van der Waals surface area contributed by atoms with Crippen molar-refractivity contribution in [3.05, 3.63) is 41.1 Å². The summed E-state index contributed by atoms with van der Waals surface area (Å²) in [7, 11) is 0. The van der Waals surface area contributed by atoms with Crippen molar-refractivity contribution in [2.24, 2.45) is 10.4 Å². The molecule has 0 radical (unpaired) electrons. The zero-order valence-electron chi connectivity index (χ0n) is 19.5. The predicted molar refractivity (Wildman–Crippen MR) is 141 cm³/mol. The Bertz CT molecular complexity index is 1000. The maximum atomic E-state index is 9.63. The summed E-state index contributed by atoms with van der Waals surface area (Å²) >= 11 is 0. The minimum atomic E-state index is 0. The molecule has 8 nitrogen and oxygen atoms in total. The first-order valence-corrected chi connectivity index (χ1v) is 11.5. The van der Waals surface area contributed by atoms with Crippen molar-refractivity contribution in [3.8, 4) is 11.8 Å². The lowest BCUT2D eigenvalue weighted by Crippen LogP contribution is -2.41. The van der Waals surface area contributed by atoms with Gasteiger partial charge >= 0.3 is 0 Å². The molecule has 3 heterocycles. The number of nitrogens with zero attached hydrogens (tertiary/aromatic N) is 5. The number of aryl methyl sites for hydroxylation is 2. The first-order chi connectivity index (χ1) is 15.5. The molecular formula is C24H34IN7O. The second-order valence-corrected chi connectivity index (χ2v) is 8.88. The maximum absolute atomic E-state index is 9.63. The lowest BCUT2D eigenvalue weighted by Gasteiger charge is -2.25. The summed E-state index contributed by atoms with van der Waals surface area (Å²) in [5.74, 6) is 1.37. The van der Waals surface area contributed by atoms with Crippen molar-refractivity contribution in [1.29, 1.82) is 5.26 Å². The van der Waals surface area contributed by atoms with Crippen LogP contribution in [-0.2, 0) is 11.2 Å². The largest absolute Gasteiger partial charge is 0.382 e. The van der Waals surface area contributed by atoms with Crippen LogP contribution in [0, 0.1) is 23.7 Å². The molecule has 1 aromatic carbocycles. The highest BCUT2D eigenvalue weighted by Gasteiger charge is 2.42. The molecule has 1 unspecified atom stereocenters. The molecule has 1 atom stereocenters. The minimum Gasteiger partial charge on any atom is -0.382 e. The average molecular weight is 563 g/mol. The highest BCUT2D eigenvalue weighted by atomic mass is 127. The molecule has 2 fully saturated rings.